The molecule has 0 fully saturated rings. The van der Waals surface area contributed by atoms with Crippen molar-refractivity contribution < 1.29 is 18.8 Å². The van der Waals surface area contributed by atoms with Crippen LogP contribution in [-0.4, -0.2) is 57.3 Å². The third-order valence-corrected chi connectivity index (χ3v) is 3.88. The van der Waals surface area contributed by atoms with E-state index in [-0.39, 0.29) is 42.2 Å². The first-order valence-corrected chi connectivity index (χ1v) is 8.45. The molecule has 146 valence electrons. The fourth-order valence-corrected chi connectivity index (χ4v) is 2.52. The maximum Gasteiger partial charge on any atom is 0.261 e. The van der Waals surface area contributed by atoms with E-state index in [1.54, 1.807) is 13.2 Å². The van der Waals surface area contributed by atoms with Crippen LogP contribution in [0.4, 0.5) is 0 Å². The summed E-state index contributed by atoms with van der Waals surface area (Å²) >= 11 is 0. The van der Waals surface area contributed by atoms with Gasteiger partial charge in [-0.25, -0.2) is 0 Å². The molecule has 0 saturated carbocycles. The van der Waals surface area contributed by atoms with Crippen LogP contribution in [0.1, 0.15) is 16.2 Å². The SMILES string of the molecule is COc1nn(C)cc1C(=O)N(C)CC(=O)NCc1nc(-c2ccccc2)no1. The van der Waals surface area contributed by atoms with Gasteiger partial charge in [0.1, 0.15) is 5.56 Å². The first kappa shape index (κ1) is 19.1. The second kappa shape index (κ2) is 8.33. The number of ether oxygens (including phenoxy) is 1. The summed E-state index contributed by atoms with van der Waals surface area (Å²) in [6, 6.07) is 9.36. The molecule has 3 aromatic rings. The molecule has 0 atom stereocenters. The number of likely N-dealkylation sites (N-methyl/N-ethyl adjacent to an activating group) is 1. The molecule has 2 aromatic heterocycles. The van der Waals surface area contributed by atoms with Crippen LogP contribution in [0, 0.1) is 0 Å². The van der Waals surface area contributed by atoms with Gasteiger partial charge in [0.25, 0.3) is 5.91 Å². The lowest BCUT2D eigenvalue weighted by atomic mass is 10.2. The molecular formula is C18H20N6O4. The summed E-state index contributed by atoms with van der Waals surface area (Å²) in [5.74, 6) is 0.192. The lowest BCUT2D eigenvalue weighted by Gasteiger charge is -2.15. The molecule has 0 aliphatic heterocycles. The highest BCUT2D eigenvalue weighted by molar-refractivity contribution is 5.98. The van der Waals surface area contributed by atoms with Crippen LogP contribution in [0.3, 0.4) is 0 Å². The minimum absolute atomic E-state index is 0.0664. The molecule has 0 saturated heterocycles. The number of hydrogen-bond acceptors (Lipinski definition) is 7. The van der Waals surface area contributed by atoms with Crippen molar-refractivity contribution in [3.05, 3.63) is 48.0 Å². The van der Waals surface area contributed by atoms with Crippen LogP contribution < -0.4 is 10.1 Å². The molecule has 0 radical (unpaired) electrons. The molecule has 2 heterocycles. The summed E-state index contributed by atoms with van der Waals surface area (Å²) in [5, 5.41) is 10.6. The van der Waals surface area contributed by atoms with Gasteiger partial charge in [-0.05, 0) is 0 Å². The number of hydrogen-bond donors (Lipinski definition) is 1. The van der Waals surface area contributed by atoms with Gasteiger partial charge in [0.2, 0.25) is 23.5 Å². The van der Waals surface area contributed by atoms with Gasteiger partial charge in [-0.1, -0.05) is 35.5 Å². The standard InChI is InChI=1S/C18H20N6O4/c1-23(18(26)13-10-24(2)21-17(13)27-3)11-14(25)19-9-15-20-16(22-28-15)12-7-5-4-6-8-12/h4-8,10H,9,11H2,1-3H3,(H,19,25). The molecule has 3 rings (SSSR count). The van der Waals surface area contributed by atoms with E-state index in [0.29, 0.717) is 5.82 Å². The van der Waals surface area contributed by atoms with Crippen molar-refractivity contribution in [1.29, 1.82) is 0 Å². The monoisotopic (exact) mass is 384 g/mol. The highest BCUT2D eigenvalue weighted by Gasteiger charge is 2.21. The summed E-state index contributed by atoms with van der Waals surface area (Å²) in [4.78, 5) is 30.1. The quantitative estimate of drug-likeness (QED) is 0.642. The summed E-state index contributed by atoms with van der Waals surface area (Å²) in [7, 11) is 4.63. The van der Waals surface area contributed by atoms with Gasteiger partial charge in [0.05, 0.1) is 20.2 Å². The van der Waals surface area contributed by atoms with E-state index in [1.807, 2.05) is 30.3 Å². The van der Waals surface area contributed by atoms with E-state index in [9.17, 15) is 9.59 Å². The number of amides is 2. The van der Waals surface area contributed by atoms with Gasteiger partial charge < -0.3 is 19.5 Å². The molecule has 2 amide bonds. The van der Waals surface area contributed by atoms with E-state index in [0.717, 1.165) is 5.56 Å². The number of aryl methyl sites for hydroxylation is 1. The van der Waals surface area contributed by atoms with Gasteiger partial charge in [-0.15, -0.1) is 5.10 Å². The summed E-state index contributed by atoms with van der Waals surface area (Å²) in [6.07, 6.45) is 1.54. The minimum Gasteiger partial charge on any atom is -0.479 e. The van der Waals surface area contributed by atoms with Crippen molar-refractivity contribution in [3.8, 4) is 17.3 Å². The molecule has 0 aliphatic carbocycles. The van der Waals surface area contributed by atoms with Crippen LogP contribution >= 0.6 is 0 Å². The second-order valence-corrected chi connectivity index (χ2v) is 6.04. The Hall–Kier alpha value is -3.69. The van der Waals surface area contributed by atoms with Crippen molar-refractivity contribution in [3.63, 3.8) is 0 Å². The number of carbonyl (C=O) groups is 2. The summed E-state index contributed by atoms with van der Waals surface area (Å²) < 4.78 is 11.7. The summed E-state index contributed by atoms with van der Waals surface area (Å²) in [5.41, 5.74) is 1.10. The van der Waals surface area contributed by atoms with Gasteiger partial charge in [0, 0.05) is 25.9 Å². The van der Waals surface area contributed by atoms with Crippen molar-refractivity contribution in [2.24, 2.45) is 7.05 Å². The zero-order chi connectivity index (χ0) is 20.1. The van der Waals surface area contributed by atoms with Gasteiger partial charge >= 0.3 is 0 Å². The lowest BCUT2D eigenvalue weighted by molar-refractivity contribution is -0.121. The number of nitrogens with zero attached hydrogens (tertiary/aromatic N) is 5. The molecule has 1 aromatic carbocycles. The van der Waals surface area contributed by atoms with Crippen LogP contribution in [0.5, 0.6) is 5.88 Å². The highest BCUT2D eigenvalue weighted by atomic mass is 16.5. The zero-order valence-electron chi connectivity index (χ0n) is 15.7. The van der Waals surface area contributed by atoms with E-state index < -0.39 is 0 Å². The Morgan fingerprint density at radius 3 is 2.75 bits per heavy atom. The van der Waals surface area contributed by atoms with Crippen LogP contribution in [0.15, 0.2) is 41.1 Å². The number of nitrogens with one attached hydrogen (secondary N) is 1. The molecule has 0 spiro atoms. The van der Waals surface area contributed by atoms with Crippen LogP contribution in [0.25, 0.3) is 11.4 Å². The Balaban J connectivity index is 1.54. The average molecular weight is 384 g/mol. The molecular weight excluding hydrogens is 364 g/mol. The lowest BCUT2D eigenvalue weighted by Crippen LogP contribution is -2.38. The Bertz CT molecular complexity index is 966. The van der Waals surface area contributed by atoms with Crippen LogP contribution in [0.2, 0.25) is 0 Å². The van der Waals surface area contributed by atoms with E-state index in [4.69, 9.17) is 9.26 Å². The maximum absolute atomic E-state index is 12.5. The molecule has 28 heavy (non-hydrogen) atoms. The fourth-order valence-electron chi connectivity index (χ4n) is 2.52. The number of benzene rings is 1. The zero-order valence-corrected chi connectivity index (χ0v) is 15.7. The fraction of sp³-hybridized carbons (Fsp3) is 0.278. The Morgan fingerprint density at radius 2 is 2.04 bits per heavy atom. The number of aromatic nitrogens is 4. The molecule has 0 aliphatic rings. The number of carbonyl (C=O) groups excluding carboxylic acids is 2. The molecule has 1 N–H and O–H groups in total. The number of methoxy groups -OCH3 is 1. The van der Waals surface area contributed by atoms with E-state index >= 15 is 0 Å². The van der Waals surface area contributed by atoms with E-state index in [2.05, 4.69) is 20.6 Å². The first-order chi connectivity index (χ1) is 13.5. The Labute approximate surface area is 161 Å². The molecule has 0 unspecified atom stereocenters. The van der Waals surface area contributed by atoms with Gasteiger partial charge in [0.15, 0.2) is 0 Å². The highest BCUT2D eigenvalue weighted by Crippen LogP contribution is 2.17. The Morgan fingerprint density at radius 1 is 1.29 bits per heavy atom. The largest absolute Gasteiger partial charge is 0.479 e. The topological polar surface area (TPSA) is 115 Å². The van der Waals surface area contributed by atoms with Gasteiger partial charge in [-0.3, -0.25) is 14.3 Å². The third-order valence-electron chi connectivity index (χ3n) is 3.88. The maximum atomic E-state index is 12.5. The Kier molecular flexibility index (Phi) is 5.68. The third kappa shape index (κ3) is 4.34. The molecule has 10 nitrogen and oxygen atoms in total. The van der Waals surface area contributed by atoms with Crippen molar-refractivity contribution in [1.82, 2.24) is 30.1 Å². The predicted molar refractivity (Wildman–Crippen MR) is 98.3 cm³/mol. The van der Waals surface area contributed by atoms with Crippen molar-refractivity contribution in [2.45, 2.75) is 6.54 Å². The minimum atomic E-state index is -0.371. The van der Waals surface area contributed by atoms with Crippen molar-refractivity contribution >= 4 is 11.8 Å². The second-order valence-electron chi connectivity index (χ2n) is 6.04. The average Bonchev–Trinajstić information content (AvgIpc) is 3.32. The predicted octanol–water partition coefficient (Wildman–Crippen LogP) is 0.867. The van der Waals surface area contributed by atoms with Crippen LogP contribution in [-0.2, 0) is 18.4 Å². The molecule has 0 bridgehead atoms. The summed E-state index contributed by atoms with van der Waals surface area (Å²) in [6.45, 7) is -0.0759. The molecule has 10 heteroatoms. The number of rotatable bonds is 7. The van der Waals surface area contributed by atoms with Gasteiger partial charge in [-0.2, -0.15) is 4.98 Å². The first-order valence-electron chi connectivity index (χ1n) is 8.45. The van der Waals surface area contributed by atoms with E-state index in [1.165, 1.54) is 23.7 Å². The van der Waals surface area contributed by atoms with Crippen molar-refractivity contribution in [2.75, 3.05) is 20.7 Å². The smallest absolute Gasteiger partial charge is 0.261 e. The normalized spacial score (nSPS) is 10.5.